The van der Waals surface area contributed by atoms with Gasteiger partial charge >= 0.3 is 6.16 Å². The lowest BCUT2D eigenvalue weighted by molar-refractivity contribution is 0.137. The van der Waals surface area contributed by atoms with E-state index in [1.54, 1.807) is 0 Å². The van der Waals surface area contributed by atoms with Gasteiger partial charge in [-0.15, -0.1) is 0 Å². The Morgan fingerprint density at radius 3 is 0.955 bits per heavy atom. The molecule has 0 unspecified atom stereocenters. The second kappa shape index (κ2) is 28.4. The molecule has 5 heteroatoms. The molecule has 4 N–H and O–H groups in total. The maximum absolute atomic E-state index is 8.56. The molecule has 0 aliphatic rings. The van der Waals surface area contributed by atoms with Crippen LogP contribution in [0.4, 0.5) is 4.79 Å². The van der Waals surface area contributed by atoms with Crippen molar-refractivity contribution in [1.82, 2.24) is 10.6 Å². The lowest BCUT2D eigenvalue weighted by atomic mass is 10.3. The standard InChI is InChI=1S/2C8H19N.CH2O3/c2*1-3-5-7-9-8-6-4-2;2-1(3)4/h2*9H,3-8H2,1-2H3;(H2,2,3,4). The van der Waals surface area contributed by atoms with Crippen LogP contribution in [0.3, 0.4) is 0 Å². The Morgan fingerprint density at radius 2 is 0.818 bits per heavy atom. The number of hydrogen-bond acceptors (Lipinski definition) is 3. The molecule has 0 spiro atoms. The fourth-order valence-corrected chi connectivity index (χ4v) is 1.46. The average Bonchev–Trinajstić information content (AvgIpc) is 2.47. The van der Waals surface area contributed by atoms with Gasteiger partial charge < -0.3 is 20.8 Å². The van der Waals surface area contributed by atoms with Crippen LogP contribution in [-0.2, 0) is 0 Å². The molecule has 0 aromatic carbocycles. The van der Waals surface area contributed by atoms with E-state index in [1.807, 2.05) is 0 Å². The third-order valence-electron chi connectivity index (χ3n) is 2.83. The molecule has 0 amide bonds. The predicted molar refractivity (Wildman–Crippen MR) is 96.0 cm³/mol. The molecular weight excluding hydrogens is 280 g/mol. The Kier molecular flexibility index (Phi) is 33.7. The zero-order chi connectivity index (χ0) is 17.5. The van der Waals surface area contributed by atoms with Crippen molar-refractivity contribution in [2.45, 2.75) is 79.1 Å². The Hall–Kier alpha value is -0.810. The van der Waals surface area contributed by atoms with Crippen molar-refractivity contribution < 1.29 is 15.0 Å². The first-order chi connectivity index (χ1) is 10.6. The van der Waals surface area contributed by atoms with Gasteiger partial charge in [-0.3, -0.25) is 0 Å². The van der Waals surface area contributed by atoms with Gasteiger partial charge in [0.15, 0.2) is 0 Å². The molecule has 0 aromatic heterocycles. The summed E-state index contributed by atoms with van der Waals surface area (Å²) in [5.41, 5.74) is 0. The molecule has 0 fully saturated rings. The quantitative estimate of drug-likeness (QED) is 0.396. The van der Waals surface area contributed by atoms with Crippen LogP contribution in [0.25, 0.3) is 0 Å². The summed E-state index contributed by atoms with van der Waals surface area (Å²) >= 11 is 0. The highest BCUT2D eigenvalue weighted by Gasteiger charge is 1.84. The van der Waals surface area contributed by atoms with Crippen LogP contribution in [0, 0.1) is 0 Å². The van der Waals surface area contributed by atoms with Gasteiger partial charge in [0.1, 0.15) is 0 Å². The molecule has 0 atom stereocenters. The van der Waals surface area contributed by atoms with E-state index < -0.39 is 6.16 Å². The Bertz CT molecular complexity index is 161. The monoisotopic (exact) mass is 320 g/mol. The summed E-state index contributed by atoms with van der Waals surface area (Å²) in [6, 6.07) is 0. The van der Waals surface area contributed by atoms with E-state index >= 15 is 0 Å². The zero-order valence-corrected chi connectivity index (χ0v) is 15.3. The second-order valence-corrected chi connectivity index (χ2v) is 5.20. The molecule has 0 bridgehead atoms. The number of rotatable bonds is 12. The van der Waals surface area contributed by atoms with E-state index in [9.17, 15) is 0 Å². The molecule has 0 aliphatic heterocycles. The summed E-state index contributed by atoms with van der Waals surface area (Å²) in [6.07, 6.45) is 8.68. The number of nitrogens with one attached hydrogen (secondary N) is 2. The molecule has 0 aliphatic carbocycles. The first-order valence-electron chi connectivity index (χ1n) is 8.89. The van der Waals surface area contributed by atoms with Crippen LogP contribution >= 0.6 is 0 Å². The van der Waals surface area contributed by atoms with Gasteiger partial charge in [0.25, 0.3) is 0 Å². The van der Waals surface area contributed by atoms with Gasteiger partial charge in [0.05, 0.1) is 0 Å². The first kappa shape index (κ1) is 26.1. The molecule has 0 rings (SSSR count). The molecule has 0 heterocycles. The molecule has 0 saturated carbocycles. The fraction of sp³-hybridized carbons (Fsp3) is 0.941. The predicted octanol–water partition coefficient (Wildman–Crippen LogP) is 4.57. The maximum Gasteiger partial charge on any atom is 0.503 e. The maximum atomic E-state index is 8.56. The summed E-state index contributed by atoms with van der Waals surface area (Å²) in [6.45, 7) is 13.7. The molecule has 22 heavy (non-hydrogen) atoms. The summed E-state index contributed by atoms with van der Waals surface area (Å²) in [4.78, 5) is 8.56. The van der Waals surface area contributed by atoms with Crippen LogP contribution in [0.5, 0.6) is 0 Å². The molecule has 0 radical (unpaired) electrons. The second-order valence-electron chi connectivity index (χ2n) is 5.20. The molecule has 0 aromatic rings. The van der Waals surface area contributed by atoms with Gasteiger partial charge in [0.2, 0.25) is 0 Å². The lowest BCUT2D eigenvalue weighted by Crippen LogP contribution is -2.15. The number of carbonyl (C=O) groups is 1. The van der Waals surface area contributed by atoms with Crippen LogP contribution in [-0.4, -0.2) is 42.5 Å². The topological polar surface area (TPSA) is 81.6 Å². The van der Waals surface area contributed by atoms with Crippen LogP contribution in [0.2, 0.25) is 0 Å². The van der Waals surface area contributed by atoms with Gasteiger partial charge in [0, 0.05) is 0 Å². The Labute approximate surface area is 137 Å². The molecular formula is C17H40N2O3. The van der Waals surface area contributed by atoms with Gasteiger partial charge in [-0.05, 0) is 51.9 Å². The Balaban J connectivity index is -0.000000266. The average molecular weight is 321 g/mol. The Morgan fingerprint density at radius 1 is 0.636 bits per heavy atom. The number of hydrogen-bond donors (Lipinski definition) is 4. The summed E-state index contributed by atoms with van der Waals surface area (Å²) in [5.74, 6) is 0. The normalized spacial score (nSPS) is 9.27. The molecule has 136 valence electrons. The van der Waals surface area contributed by atoms with E-state index in [2.05, 4.69) is 38.3 Å². The fourth-order valence-electron chi connectivity index (χ4n) is 1.46. The smallest absolute Gasteiger partial charge is 0.450 e. The van der Waals surface area contributed by atoms with Crippen molar-refractivity contribution in [3.05, 3.63) is 0 Å². The van der Waals surface area contributed by atoms with Gasteiger partial charge in [-0.25, -0.2) is 4.79 Å². The SMILES string of the molecule is CCCCNCCCC.CCCCNCCCC.O=C(O)O. The van der Waals surface area contributed by atoms with Crippen molar-refractivity contribution in [2.75, 3.05) is 26.2 Å². The van der Waals surface area contributed by atoms with Gasteiger partial charge in [-0.1, -0.05) is 53.4 Å². The van der Waals surface area contributed by atoms with Crippen molar-refractivity contribution in [3.63, 3.8) is 0 Å². The third kappa shape index (κ3) is 50.7. The minimum absolute atomic E-state index is 1.20. The minimum atomic E-state index is -1.83. The highest BCUT2D eigenvalue weighted by Crippen LogP contribution is 1.86. The number of unbranched alkanes of at least 4 members (excludes halogenated alkanes) is 4. The van der Waals surface area contributed by atoms with Crippen LogP contribution < -0.4 is 10.6 Å². The highest BCUT2D eigenvalue weighted by molar-refractivity contribution is 5.53. The van der Waals surface area contributed by atoms with Crippen molar-refractivity contribution >= 4 is 6.16 Å². The van der Waals surface area contributed by atoms with Crippen molar-refractivity contribution in [2.24, 2.45) is 0 Å². The third-order valence-corrected chi connectivity index (χ3v) is 2.83. The van der Waals surface area contributed by atoms with E-state index in [4.69, 9.17) is 15.0 Å². The molecule has 0 saturated heterocycles. The first-order valence-corrected chi connectivity index (χ1v) is 8.89. The van der Waals surface area contributed by atoms with E-state index in [-0.39, 0.29) is 0 Å². The lowest BCUT2D eigenvalue weighted by Gasteiger charge is -1.99. The minimum Gasteiger partial charge on any atom is -0.450 e. The van der Waals surface area contributed by atoms with Crippen molar-refractivity contribution in [3.8, 4) is 0 Å². The largest absolute Gasteiger partial charge is 0.503 e. The highest BCUT2D eigenvalue weighted by atomic mass is 16.6. The molecule has 5 nitrogen and oxygen atoms in total. The van der Waals surface area contributed by atoms with Crippen LogP contribution in [0.1, 0.15) is 79.1 Å². The van der Waals surface area contributed by atoms with Crippen molar-refractivity contribution in [1.29, 1.82) is 0 Å². The van der Waals surface area contributed by atoms with E-state index in [1.165, 1.54) is 77.5 Å². The van der Waals surface area contributed by atoms with Gasteiger partial charge in [-0.2, -0.15) is 0 Å². The summed E-state index contributed by atoms with van der Waals surface area (Å²) in [7, 11) is 0. The van der Waals surface area contributed by atoms with E-state index in [0.29, 0.717) is 0 Å². The summed E-state index contributed by atoms with van der Waals surface area (Å²) < 4.78 is 0. The summed E-state index contributed by atoms with van der Waals surface area (Å²) in [5, 5.41) is 20.7. The number of carboxylic acid groups (broad SMARTS) is 2. The van der Waals surface area contributed by atoms with Crippen LogP contribution in [0.15, 0.2) is 0 Å². The van der Waals surface area contributed by atoms with E-state index in [0.717, 1.165) is 0 Å². The zero-order valence-electron chi connectivity index (χ0n) is 15.3.